The highest BCUT2D eigenvalue weighted by Crippen LogP contribution is 2.08. The number of amides is 1. The second-order valence-electron chi connectivity index (χ2n) is 6.55. The Hall–Kier alpha value is -1.92. The molecule has 0 aromatic heterocycles. The molecule has 0 saturated heterocycles. The summed E-state index contributed by atoms with van der Waals surface area (Å²) in [6.07, 6.45) is -0.720. The number of carbonyl (C=O) groups excluding carboxylic acids is 2. The second-order valence-corrected chi connectivity index (χ2v) is 6.55. The summed E-state index contributed by atoms with van der Waals surface area (Å²) in [5, 5.41) is 16.6. The zero-order valence-electron chi connectivity index (χ0n) is 15.3. The van der Waals surface area contributed by atoms with Gasteiger partial charge in [0.15, 0.2) is 6.10 Å². The van der Waals surface area contributed by atoms with E-state index in [2.05, 4.69) is 24.5 Å². The van der Waals surface area contributed by atoms with E-state index in [0.29, 0.717) is 25.3 Å². The number of rotatable bonds is 12. The van der Waals surface area contributed by atoms with E-state index in [-0.39, 0.29) is 6.47 Å². The van der Waals surface area contributed by atoms with Crippen LogP contribution in [0.3, 0.4) is 0 Å². The fraction of sp³-hybridized carbons (Fsp3) is 0.579. The molecule has 6 heteroatoms. The minimum absolute atomic E-state index is 0.278. The number of ether oxygens (including phenoxy) is 1. The SMILES string of the molecule is CCC(OC=O)C(=O)NC(Cc1ccccc1)C(O)CNCC(C)C. The van der Waals surface area contributed by atoms with Crippen molar-refractivity contribution < 1.29 is 19.4 Å². The van der Waals surface area contributed by atoms with E-state index in [4.69, 9.17) is 4.74 Å². The van der Waals surface area contributed by atoms with Gasteiger partial charge in [-0.15, -0.1) is 0 Å². The van der Waals surface area contributed by atoms with Crippen molar-refractivity contribution in [2.45, 2.75) is 51.9 Å². The molecule has 6 nitrogen and oxygen atoms in total. The van der Waals surface area contributed by atoms with Crippen molar-refractivity contribution in [2.75, 3.05) is 13.1 Å². The highest BCUT2D eigenvalue weighted by molar-refractivity contribution is 5.82. The average molecular weight is 350 g/mol. The summed E-state index contributed by atoms with van der Waals surface area (Å²) in [6.45, 7) is 7.38. The standard InChI is InChI=1S/C19H30N2O4/c1-4-18(25-13-22)19(24)21-16(10-15-8-6-5-7-9-15)17(23)12-20-11-14(2)3/h5-9,13-14,16-18,20,23H,4,10-12H2,1-3H3,(H,21,24). The van der Waals surface area contributed by atoms with E-state index < -0.39 is 24.2 Å². The van der Waals surface area contributed by atoms with Gasteiger partial charge in [0, 0.05) is 6.54 Å². The van der Waals surface area contributed by atoms with Crippen LogP contribution in [0.2, 0.25) is 0 Å². The normalized spacial score (nSPS) is 14.6. The molecule has 0 spiro atoms. The van der Waals surface area contributed by atoms with E-state index >= 15 is 0 Å². The summed E-state index contributed by atoms with van der Waals surface area (Å²) in [7, 11) is 0. The van der Waals surface area contributed by atoms with Crippen molar-refractivity contribution in [3.05, 3.63) is 35.9 Å². The Bertz CT molecular complexity index is 507. The molecule has 25 heavy (non-hydrogen) atoms. The molecule has 0 aliphatic carbocycles. The van der Waals surface area contributed by atoms with Crippen molar-refractivity contribution in [1.29, 1.82) is 0 Å². The molecule has 1 amide bonds. The molecule has 1 rings (SSSR count). The fourth-order valence-electron chi connectivity index (χ4n) is 2.50. The van der Waals surface area contributed by atoms with Gasteiger partial charge in [0.2, 0.25) is 0 Å². The minimum Gasteiger partial charge on any atom is -0.454 e. The molecule has 0 aliphatic heterocycles. The topological polar surface area (TPSA) is 87.7 Å². The number of hydrogen-bond acceptors (Lipinski definition) is 5. The summed E-state index contributed by atoms with van der Waals surface area (Å²) in [5.41, 5.74) is 1.01. The van der Waals surface area contributed by atoms with Gasteiger partial charge in [-0.05, 0) is 30.9 Å². The van der Waals surface area contributed by atoms with Crippen LogP contribution in [0, 0.1) is 5.92 Å². The van der Waals surface area contributed by atoms with E-state index in [1.165, 1.54) is 0 Å². The summed E-state index contributed by atoms with van der Waals surface area (Å²) >= 11 is 0. The number of nitrogens with one attached hydrogen (secondary N) is 2. The molecule has 0 saturated carbocycles. The predicted octanol–water partition coefficient (Wildman–Crippen LogP) is 1.27. The molecule has 3 atom stereocenters. The number of aliphatic hydroxyl groups excluding tert-OH is 1. The van der Waals surface area contributed by atoms with Gasteiger partial charge >= 0.3 is 0 Å². The zero-order valence-corrected chi connectivity index (χ0v) is 15.3. The number of carbonyl (C=O) groups is 2. The smallest absolute Gasteiger partial charge is 0.293 e. The average Bonchev–Trinajstić information content (AvgIpc) is 2.59. The highest BCUT2D eigenvalue weighted by Gasteiger charge is 2.26. The first-order valence-electron chi connectivity index (χ1n) is 8.80. The van der Waals surface area contributed by atoms with Crippen LogP contribution in [-0.2, 0) is 20.7 Å². The summed E-state index contributed by atoms with van der Waals surface area (Å²) in [5.74, 6) is 0.0817. The molecule has 0 heterocycles. The first kappa shape index (κ1) is 21.1. The van der Waals surface area contributed by atoms with Crippen LogP contribution in [0.5, 0.6) is 0 Å². The Morgan fingerprint density at radius 3 is 2.48 bits per heavy atom. The van der Waals surface area contributed by atoms with E-state index in [0.717, 1.165) is 12.1 Å². The molecular weight excluding hydrogens is 320 g/mol. The lowest BCUT2D eigenvalue weighted by Crippen LogP contribution is -2.51. The lowest BCUT2D eigenvalue weighted by atomic mass is 10.0. The maximum atomic E-state index is 12.3. The van der Waals surface area contributed by atoms with Crippen molar-refractivity contribution in [3.8, 4) is 0 Å². The Morgan fingerprint density at radius 1 is 1.24 bits per heavy atom. The first-order chi connectivity index (χ1) is 12.0. The number of hydrogen-bond donors (Lipinski definition) is 3. The molecule has 1 aromatic carbocycles. The minimum atomic E-state index is -0.841. The maximum absolute atomic E-state index is 12.3. The number of benzene rings is 1. The summed E-state index contributed by atoms with van der Waals surface area (Å²) in [4.78, 5) is 22.9. The van der Waals surface area contributed by atoms with Crippen molar-refractivity contribution in [1.82, 2.24) is 10.6 Å². The van der Waals surface area contributed by atoms with Gasteiger partial charge in [-0.3, -0.25) is 9.59 Å². The van der Waals surface area contributed by atoms with Gasteiger partial charge in [-0.2, -0.15) is 0 Å². The zero-order chi connectivity index (χ0) is 18.7. The molecule has 3 unspecified atom stereocenters. The van der Waals surface area contributed by atoms with Gasteiger partial charge in [-0.1, -0.05) is 51.1 Å². The predicted molar refractivity (Wildman–Crippen MR) is 97.0 cm³/mol. The third kappa shape index (κ3) is 8.14. The fourth-order valence-corrected chi connectivity index (χ4v) is 2.50. The van der Waals surface area contributed by atoms with Crippen LogP contribution in [0.4, 0.5) is 0 Å². The first-order valence-corrected chi connectivity index (χ1v) is 8.80. The quantitative estimate of drug-likeness (QED) is 0.494. The number of aliphatic hydroxyl groups is 1. The van der Waals surface area contributed by atoms with E-state index in [1.807, 2.05) is 30.3 Å². The second kappa shape index (κ2) is 11.6. The van der Waals surface area contributed by atoms with E-state index in [1.54, 1.807) is 6.92 Å². The third-order valence-electron chi connectivity index (χ3n) is 3.88. The lowest BCUT2D eigenvalue weighted by Gasteiger charge is -2.26. The molecule has 0 aliphatic rings. The van der Waals surface area contributed by atoms with Crippen LogP contribution >= 0.6 is 0 Å². The Labute approximate surface area is 150 Å². The van der Waals surface area contributed by atoms with Crippen LogP contribution in [0.1, 0.15) is 32.8 Å². The molecule has 0 radical (unpaired) electrons. The Kier molecular flexibility index (Phi) is 9.80. The van der Waals surface area contributed by atoms with Gasteiger partial charge < -0.3 is 20.5 Å². The molecule has 140 valence electrons. The van der Waals surface area contributed by atoms with E-state index in [9.17, 15) is 14.7 Å². The molecule has 0 bridgehead atoms. The lowest BCUT2D eigenvalue weighted by molar-refractivity contribution is -0.145. The Morgan fingerprint density at radius 2 is 1.92 bits per heavy atom. The monoisotopic (exact) mass is 350 g/mol. The van der Waals surface area contributed by atoms with Crippen LogP contribution in [-0.4, -0.2) is 48.8 Å². The molecule has 3 N–H and O–H groups in total. The molecule has 0 fully saturated rings. The van der Waals surface area contributed by atoms with Crippen LogP contribution < -0.4 is 10.6 Å². The molecule has 1 aromatic rings. The molecular formula is C19H30N2O4. The highest BCUT2D eigenvalue weighted by atomic mass is 16.5. The van der Waals surface area contributed by atoms with Gasteiger partial charge in [0.05, 0.1) is 12.1 Å². The maximum Gasteiger partial charge on any atom is 0.293 e. The van der Waals surface area contributed by atoms with Crippen LogP contribution in [0.15, 0.2) is 30.3 Å². The third-order valence-corrected chi connectivity index (χ3v) is 3.88. The van der Waals surface area contributed by atoms with Crippen molar-refractivity contribution in [2.24, 2.45) is 5.92 Å². The van der Waals surface area contributed by atoms with Crippen LogP contribution in [0.25, 0.3) is 0 Å². The summed E-state index contributed by atoms with van der Waals surface area (Å²) < 4.78 is 4.81. The largest absolute Gasteiger partial charge is 0.454 e. The Balaban J connectivity index is 2.75. The van der Waals surface area contributed by atoms with Gasteiger partial charge in [0.25, 0.3) is 12.4 Å². The van der Waals surface area contributed by atoms with Gasteiger partial charge in [-0.25, -0.2) is 0 Å². The van der Waals surface area contributed by atoms with Crippen molar-refractivity contribution >= 4 is 12.4 Å². The van der Waals surface area contributed by atoms with Gasteiger partial charge in [0.1, 0.15) is 0 Å². The van der Waals surface area contributed by atoms with Crippen molar-refractivity contribution in [3.63, 3.8) is 0 Å². The summed E-state index contributed by atoms with van der Waals surface area (Å²) in [6, 6.07) is 9.19.